The van der Waals surface area contributed by atoms with Gasteiger partial charge in [-0.2, -0.15) is 0 Å². The van der Waals surface area contributed by atoms with Crippen LogP contribution in [0.2, 0.25) is 0 Å². The molecule has 8 unspecified atom stereocenters. The summed E-state index contributed by atoms with van der Waals surface area (Å²) in [6, 6.07) is 6.71. The number of ether oxygens (including phenoxy) is 4. The van der Waals surface area contributed by atoms with Crippen molar-refractivity contribution in [3.8, 4) is 0 Å². The maximum atomic E-state index is 14.0. The van der Waals surface area contributed by atoms with Crippen LogP contribution in [0.25, 0.3) is 0 Å². The molecule has 1 heterocycles. The number of alkyl carbamates (subject to hydrolysis) is 1. The van der Waals surface area contributed by atoms with Crippen LogP contribution in [-0.2, 0) is 44.5 Å². The molecule has 1 saturated heterocycles. The molecule has 0 aliphatic carbocycles. The quantitative estimate of drug-likeness (QED) is 0.231. The Kier molecular flexibility index (Phi) is 16.7. The van der Waals surface area contributed by atoms with Crippen molar-refractivity contribution in [2.24, 2.45) is 11.8 Å². The third-order valence-electron chi connectivity index (χ3n) is 9.45. The summed E-state index contributed by atoms with van der Waals surface area (Å²) in [6.45, 7) is 13.0. The van der Waals surface area contributed by atoms with Crippen molar-refractivity contribution >= 4 is 29.8 Å². The molecule has 0 radical (unpaired) electrons. The first-order valence-electron chi connectivity index (χ1n) is 17.5. The maximum Gasteiger partial charge on any atom is 0.408 e. The molecule has 13 heteroatoms. The van der Waals surface area contributed by atoms with E-state index in [1.54, 1.807) is 51.5 Å². The molecule has 2 rings (SSSR count). The topological polar surface area (TPSA) is 153 Å². The molecule has 8 atom stereocenters. The van der Waals surface area contributed by atoms with E-state index in [0.717, 1.165) is 12.0 Å². The molecule has 50 heavy (non-hydrogen) atoms. The SMILES string of the molecule is CCC(C)C(C(CC(=O)N1CCCC1C(OC)C(C)C(=O)NC(Cc1ccccc1)C(=O)OC)OC)N(C)C(=O)C(C)NC(=O)OC(C)(C)C. The Labute approximate surface area is 298 Å². The van der Waals surface area contributed by atoms with Crippen LogP contribution in [0.15, 0.2) is 30.3 Å². The van der Waals surface area contributed by atoms with Gasteiger partial charge in [-0.1, -0.05) is 57.5 Å². The van der Waals surface area contributed by atoms with Gasteiger partial charge in [-0.05, 0) is 52.0 Å². The van der Waals surface area contributed by atoms with Crippen molar-refractivity contribution in [3.05, 3.63) is 35.9 Å². The number of hydrogen-bond acceptors (Lipinski definition) is 9. The second-order valence-electron chi connectivity index (χ2n) is 14.2. The highest BCUT2D eigenvalue weighted by Gasteiger charge is 2.43. The summed E-state index contributed by atoms with van der Waals surface area (Å²) in [5.74, 6) is -2.20. The van der Waals surface area contributed by atoms with Crippen LogP contribution < -0.4 is 10.6 Å². The Morgan fingerprint density at radius 2 is 1.62 bits per heavy atom. The zero-order valence-corrected chi connectivity index (χ0v) is 31.8. The predicted octanol–water partition coefficient (Wildman–Crippen LogP) is 3.72. The number of nitrogens with zero attached hydrogens (tertiary/aromatic N) is 2. The first-order chi connectivity index (χ1) is 23.5. The molecule has 1 aliphatic heterocycles. The smallest absolute Gasteiger partial charge is 0.408 e. The number of carbonyl (C=O) groups excluding carboxylic acids is 5. The summed E-state index contributed by atoms with van der Waals surface area (Å²) in [5, 5.41) is 5.45. The Bertz CT molecular complexity index is 1270. The number of benzene rings is 1. The van der Waals surface area contributed by atoms with Gasteiger partial charge in [0.05, 0.1) is 43.7 Å². The third-order valence-corrected chi connectivity index (χ3v) is 9.45. The molecule has 1 aromatic carbocycles. The lowest BCUT2D eigenvalue weighted by Crippen LogP contribution is -2.56. The average molecular weight is 705 g/mol. The lowest BCUT2D eigenvalue weighted by Gasteiger charge is -2.40. The molecule has 0 saturated carbocycles. The van der Waals surface area contributed by atoms with Crippen LogP contribution in [0, 0.1) is 11.8 Å². The molecule has 282 valence electrons. The monoisotopic (exact) mass is 704 g/mol. The Hall–Kier alpha value is -3.71. The summed E-state index contributed by atoms with van der Waals surface area (Å²) >= 11 is 0. The number of rotatable bonds is 17. The third kappa shape index (κ3) is 12.0. The van der Waals surface area contributed by atoms with E-state index in [1.165, 1.54) is 21.3 Å². The van der Waals surface area contributed by atoms with E-state index < -0.39 is 60.0 Å². The second kappa shape index (κ2) is 19.6. The second-order valence-corrected chi connectivity index (χ2v) is 14.2. The number of methoxy groups -OCH3 is 3. The van der Waals surface area contributed by atoms with E-state index >= 15 is 0 Å². The number of hydrogen-bond donors (Lipinski definition) is 2. The normalized spacial score (nSPS) is 18.9. The first-order valence-corrected chi connectivity index (χ1v) is 17.5. The van der Waals surface area contributed by atoms with Crippen molar-refractivity contribution in [3.63, 3.8) is 0 Å². The lowest BCUT2D eigenvalue weighted by atomic mass is 9.90. The van der Waals surface area contributed by atoms with Gasteiger partial charge in [0.15, 0.2) is 0 Å². The number of amides is 4. The van der Waals surface area contributed by atoms with E-state index in [0.29, 0.717) is 19.4 Å². The molecular formula is C37H60N4O9. The fourth-order valence-corrected chi connectivity index (χ4v) is 6.65. The van der Waals surface area contributed by atoms with Crippen LogP contribution >= 0.6 is 0 Å². The van der Waals surface area contributed by atoms with Crippen molar-refractivity contribution in [1.29, 1.82) is 0 Å². The van der Waals surface area contributed by atoms with Gasteiger partial charge in [0.25, 0.3) is 0 Å². The molecule has 4 amide bonds. The van der Waals surface area contributed by atoms with Gasteiger partial charge < -0.3 is 39.4 Å². The molecule has 1 aromatic rings. The molecule has 0 spiro atoms. The molecule has 0 aromatic heterocycles. The van der Waals surface area contributed by atoms with Crippen LogP contribution in [0.4, 0.5) is 4.79 Å². The Balaban J connectivity index is 2.21. The number of carbonyl (C=O) groups is 5. The summed E-state index contributed by atoms with van der Waals surface area (Å²) in [6.07, 6.45) is 0.331. The van der Waals surface area contributed by atoms with E-state index in [-0.39, 0.29) is 36.5 Å². The van der Waals surface area contributed by atoms with Crippen molar-refractivity contribution in [1.82, 2.24) is 20.4 Å². The number of likely N-dealkylation sites (N-methyl/N-ethyl adjacent to an activating group) is 1. The summed E-state index contributed by atoms with van der Waals surface area (Å²) in [5.41, 5.74) is 0.153. The Morgan fingerprint density at radius 1 is 0.980 bits per heavy atom. The molecule has 0 bridgehead atoms. The summed E-state index contributed by atoms with van der Waals surface area (Å²) in [4.78, 5) is 69.4. The standard InChI is InChI=1S/C37H60N4O9/c1-12-23(2)31(40(8)34(44)25(4)38-36(46)50-37(5,6)7)29(47-9)22-30(42)41-20-16-19-28(41)32(48-10)24(3)33(43)39-27(35(45)49-11)21-26-17-14-13-15-18-26/h13-15,17-18,23-25,27-29,31-32H,12,16,19-22H2,1-11H3,(H,38,46)(H,39,43). The van der Waals surface area contributed by atoms with Crippen LogP contribution in [0.3, 0.4) is 0 Å². The van der Waals surface area contributed by atoms with E-state index in [4.69, 9.17) is 18.9 Å². The minimum atomic E-state index is -0.891. The molecular weight excluding hydrogens is 644 g/mol. The van der Waals surface area contributed by atoms with Gasteiger partial charge in [0.2, 0.25) is 17.7 Å². The number of esters is 1. The van der Waals surface area contributed by atoms with Crippen LogP contribution in [-0.4, -0.2) is 116 Å². The van der Waals surface area contributed by atoms with E-state index in [9.17, 15) is 24.0 Å². The van der Waals surface area contributed by atoms with Gasteiger partial charge in [-0.25, -0.2) is 9.59 Å². The van der Waals surface area contributed by atoms with Crippen molar-refractivity contribution in [2.45, 2.75) is 123 Å². The fourth-order valence-electron chi connectivity index (χ4n) is 6.65. The highest BCUT2D eigenvalue weighted by Crippen LogP contribution is 2.29. The summed E-state index contributed by atoms with van der Waals surface area (Å²) < 4.78 is 22.1. The minimum Gasteiger partial charge on any atom is -0.467 e. The number of likely N-dealkylation sites (tertiary alicyclic amines) is 1. The Morgan fingerprint density at radius 3 is 2.16 bits per heavy atom. The zero-order valence-electron chi connectivity index (χ0n) is 31.8. The minimum absolute atomic E-state index is 0.00793. The predicted molar refractivity (Wildman–Crippen MR) is 189 cm³/mol. The van der Waals surface area contributed by atoms with Crippen molar-refractivity contribution < 1.29 is 42.9 Å². The largest absolute Gasteiger partial charge is 0.467 e. The average Bonchev–Trinajstić information content (AvgIpc) is 3.56. The van der Waals surface area contributed by atoms with Crippen molar-refractivity contribution in [2.75, 3.05) is 34.9 Å². The fraction of sp³-hybridized carbons (Fsp3) is 0.703. The highest BCUT2D eigenvalue weighted by atomic mass is 16.6. The summed E-state index contributed by atoms with van der Waals surface area (Å²) in [7, 11) is 5.97. The van der Waals surface area contributed by atoms with E-state index in [2.05, 4.69) is 10.6 Å². The van der Waals surface area contributed by atoms with Crippen LogP contribution in [0.1, 0.15) is 79.7 Å². The van der Waals surface area contributed by atoms with Gasteiger partial charge in [0.1, 0.15) is 17.7 Å². The van der Waals surface area contributed by atoms with Gasteiger partial charge in [-0.15, -0.1) is 0 Å². The van der Waals surface area contributed by atoms with Gasteiger partial charge >= 0.3 is 12.1 Å². The lowest BCUT2D eigenvalue weighted by molar-refractivity contribution is -0.148. The molecule has 1 fully saturated rings. The zero-order chi connectivity index (χ0) is 37.8. The molecule has 13 nitrogen and oxygen atoms in total. The molecule has 1 aliphatic rings. The first kappa shape index (κ1) is 42.5. The van der Waals surface area contributed by atoms with Gasteiger partial charge in [0, 0.05) is 34.2 Å². The van der Waals surface area contributed by atoms with E-state index in [1.807, 2.05) is 44.2 Å². The number of nitrogens with one attached hydrogen (secondary N) is 2. The van der Waals surface area contributed by atoms with Crippen LogP contribution in [0.5, 0.6) is 0 Å². The maximum absolute atomic E-state index is 14.0. The highest BCUT2D eigenvalue weighted by molar-refractivity contribution is 5.87. The van der Waals surface area contributed by atoms with Gasteiger partial charge in [-0.3, -0.25) is 14.4 Å². The molecule has 2 N–H and O–H groups in total.